The van der Waals surface area contributed by atoms with Gasteiger partial charge in [0, 0.05) is 31.4 Å². The molecule has 1 aliphatic carbocycles. The van der Waals surface area contributed by atoms with Gasteiger partial charge in [0.15, 0.2) is 0 Å². The Bertz CT molecular complexity index is 1270. The minimum Gasteiger partial charge on any atom is -0.366 e. The first-order valence-corrected chi connectivity index (χ1v) is 10.9. The molecule has 1 aliphatic heterocycles. The number of likely N-dealkylation sites (N-methyl/N-ethyl adjacent to an activating group) is 1. The summed E-state index contributed by atoms with van der Waals surface area (Å²) in [5, 5.41) is 20.0. The van der Waals surface area contributed by atoms with E-state index in [9.17, 15) is 14.4 Å². The van der Waals surface area contributed by atoms with Gasteiger partial charge in [-0.05, 0) is 43.4 Å². The van der Waals surface area contributed by atoms with E-state index in [1.807, 2.05) is 32.3 Å². The molecule has 8 nitrogen and oxygen atoms in total. The fourth-order valence-corrected chi connectivity index (χ4v) is 4.39. The fraction of sp³-hybridized carbons (Fsp3) is 0.333. The molecular weight excluding hydrogens is 421 g/mol. The van der Waals surface area contributed by atoms with Crippen molar-refractivity contribution in [2.45, 2.75) is 38.9 Å². The van der Waals surface area contributed by atoms with Gasteiger partial charge in [-0.1, -0.05) is 6.07 Å². The van der Waals surface area contributed by atoms with Crippen LogP contribution in [0.2, 0.25) is 0 Å². The van der Waals surface area contributed by atoms with Crippen LogP contribution in [0.3, 0.4) is 0 Å². The molecule has 9 heteroatoms. The lowest BCUT2D eigenvalue weighted by molar-refractivity contribution is -0.118. The molecule has 1 atom stereocenters. The second-order valence-corrected chi connectivity index (χ2v) is 8.68. The molecule has 1 aromatic carbocycles. The molecule has 0 spiro atoms. The highest BCUT2D eigenvalue weighted by molar-refractivity contribution is 6.04. The number of aryl methyl sites for hydroxylation is 1. The van der Waals surface area contributed by atoms with Crippen molar-refractivity contribution < 1.29 is 9.18 Å². The lowest BCUT2D eigenvalue weighted by atomic mass is 10.0. The Morgan fingerprint density at radius 2 is 2.15 bits per heavy atom. The number of rotatable bonds is 6. The molecule has 0 bridgehead atoms. The van der Waals surface area contributed by atoms with Crippen molar-refractivity contribution in [1.29, 1.82) is 5.26 Å². The van der Waals surface area contributed by atoms with Crippen molar-refractivity contribution in [3.63, 3.8) is 0 Å². The molecule has 5 rings (SSSR count). The summed E-state index contributed by atoms with van der Waals surface area (Å²) in [4.78, 5) is 19.2. The molecular formula is C24H24FN7O. The maximum absolute atomic E-state index is 13.4. The zero-order valence-corrected chi connectivity index (χ0v) is 18.5. The molecule has 168 valence electrons. The molecule has 2 N–H and O–H groups in total. The fourth-order valence-electron chi connectivity index (χ4n) is 4.39. The normalized spacial score (nSPS) is 17.3. The minimum atomic E-state index is -0.429. The summed E-state index contributed by atoms with van der Waals surface area (Å²) >= 11 is 0. The van der Waals surface area contributed by atoms with E-state index in [1.54, 1.807) is 16.9 Å². The van der Waals surface area contributed by atoms with E-state index in [0.29, 0.717) is 30.1 Å². The Kier molecular flexibility index (Phi) is 5.21. The lowest BCUT2D eigenvalue weighted by Crippen LogP contribution is -2.47. The van der Waals surface area contributed by atoms with E-state index in [4.69, 9.17) is 0 Å². The van der Waals surface area contributed by atoms with Gasteiger partial charge in [0.1, 0.15) is 17.7 Å². The molecule has 2 aliphatic rings. The molecule has 1 unspecified atom stereocenters. The van der Waals surface area contributed by atoms with Crippen molar-refractivity contribution in [2.75, 3.05) is 22.6 Å². The summed E-state index contributed by atoms with van der Waals surface area (Å²) in [6, 6.07) is 8.06. The van der Waals surface area contributed by atoms with Gasteiger partial charge < -0.3 is 15.5 Å². The number of hydrogen-bond acceptors (Lipinski definition) is 6. The van der Waals surface area contributed by atoms with Crippen LogP contribution in [0.4, 0.5) is 21.6 Å². The molecule has 3 aromatic rings. The first kappa shape index (κ1) is 20.9. The molecule has 1 fully saturated rings. The maximum atomic E-state index is 13.4. The summed E-state index contributed by atoms with van der Waals surface area (Å²) in [6.07, 6.45) is 5.82. The predicted octanol–water partition coefficient (Wildman–Crippen LogP) is 3.42. The van der Waals surface area contributed by atoms with Gasteiger partial charge >= 0.3 is 0 Å². The zero-order chi connectivity index (χ0) is 23.1. The summed E-state index contributed by atoms with van der Waals surface area (Å²) in [5.74, 6) is 0.761. The molecule has 2 aromatic heterocycles. The summed E-state index contributed by atoms with van der Waals surface area (Å²) in [6.45, 7) is 2.79. The first-order chi connectivity index (χ1) is 15.9. The van der Waals surface area contributed by atoms with Crippen LogP contribution in [0, 0.1) is 30.0 Å². The number of carbonyl (C=O) groups excluding carboxylic acids is 1. The van der Waals surface area contributed by atoms with E-state index >= 15 is 0 Å². The number of hydrogen-bond donors (Lipinski definition) is 2. The van der Waals surface area contributed by atoms with E-state index < -0.39 is 5.82 Å². The van der Waals surface area contributed by atoms with Gasteiger partial charge in [0.25, 0.3) is 0 Å². The predicted molar refractivity (Wildman–Crippen MR) is 122 cm³/mol. The average Bonchev–Trinajstić information content (AvgIpc) is 3.52. The minimum absolute atomic E-state index is 0.0474. The van der Waals surface area contributed by atoms with Crippen LogP contribution in [-0.2, 0) is 17.9 Å². The van der Waals surface area contributed by atoms with Crippen molar-refractivity contribution in [3.8, 4) is 6.07 Å². The third-order valence-electron chi connectivity index (χ3n) is 6.25. The van der Waals surface area contributed by atoms with Crippen LogP contribution in [0.25, 0.3) is 0 Å². The van der Waals surface area contributed by atoms with Crippen molar-refractivity contribution in [3.05, 3.63) is 64.9 Å². The molecule has 1 saturated carbocycles. The SMILES string of the molecule is Cc1nc(NCc2cnn(Cc3ccc(F)cc3C#N)c2)cc2c1NC(=O)C(C1CC1)N2C. The molecule has 0 radical (unpaired) electrons. The van der Waals surface area contributed by atoms with E-state index in [0.717, 1.165) is 41.3 Å². The number of halogens is 1. The van der Waals surface area contributed by atoms with Gasteiger partial charge in [-0.2, -0.15) is 10.4 Å². The first-order valence-electron chi connectivity index (χ1n) is 10.9. The van der Waals surface area contributed by atoms with Gasteiger partial charge in [0.2, 0.25) is 5.91 Å². The number of nitriles is 1. The Morgan fingerprint density at radius 1 is 1.33 bits per heavy atom. The van der Waals surface area contributed by atoms with Gasteiger partial charge in [0.05, 0.1) is 41.4 Å². The smallest absolute Gasteiger partial charge is 0.247 e. The van der Waals surface area contributed by atoms with Crippen molar-refractivity contribution >= 4 is 23.1 Å². The summed E-state index contributed by atoms with van der Waals surface area (Å²) in [7, 11) is 1.97. The van der Waals surface area contributed by atoms with Crippen LogP contribution in [0.15, 0.2) is 36.7 Å². The van der Waals surface area contributed by atoms with E-state index in [-0.39, 0.29) is 11.9 Å². The average molecular weight is 446 g/mol. The number of fused-ring (bicyclic) bond motifs is 1. The topological polar surface area (TPSA) is 98.9 Å². The number of amides is 1. The quantitative estimate of drug-likeness (QED) is 0.603. The monoisotopic (exact) mass is 445 g/mol. The van der Waals surface area contributed by atoms with E-state index in [2.05, 4.69) is 25.6 Å². The van der Waals surface area contributed by atoms with Crippen LogP contribution in [-0.4, -0.2) is 33.8 Å². The van der Waals surface area contributed by atoms with Crippen LogP contribution in [0.1, 0.15) is 35.2 Å². The third-order valence-corrected chi connectivity index (χ3v) is 6.25. The standard InChI is InChI=1S/C24H24FN7O/c1-14-22-20(31(2)23(16-3-4-16)24(33)30-22)8-21(29-14)27-10-15-11-28-32(12-15)13-17-5-6-19(25)7-18(17)9-26/h5-8,11-12,16,23H,3-4,10,13H2,1-2H3,(H,27,29)(H,30,33). The molecule has 0 saturated heterocycles. The Morgan fingerprint density at radius 3 is 2.91 bits per heavy atom. The maximum Gasteiger partial charge on any atom is 0.247 e. The number of carbonyl (C=O) groups is 1. The largest absolute Gasteiger partial charge is 0.366 e. The zero-order valence-electron chi connectivity index (χ0n) is 18.5. The number of nitrogens with zero attached hydrogens (tertiary/aromatic N) is 5. The Balaban J connectivity index is 1.29. The Hall–Kier alpha value is -3.93. The van der Waals surface area contributed by atoms with Crippen LogP contribution >= 0.6 is 0 Å². The molecule has 1 amide bonds. The van der Waals surface area contributed by atoms with Crippen molar-refractivity contribution in [2.24, 2.45) is 5.92 Å². The Labute approximate surface area is 191 Å². The number of aromatic nitrogens is 3. The number of anilines is 3. The van der Waals surface area contributed by atoms with Crippen molar-refractivity contribution in [1.82, 2.24) is 14.8 Å². The highest BCUT2D eigenvalue weighted by Gasteiger charge is 2.42. The third kappa shape index (κ3) is 4.12. The molecule has 3 heterocycles. The highest BCUT2D eigenvalue weighted by Crippen LogP contribution is 2.43. The van der Waals surface area contributed by atoms with Crippen LogP contribution in [0.5, 0.6) is 0 Å². The number of nitrogens with one attached hydrogen (secondary N) is 2. The van der Waals surface area contributed by atoms with Crippen LogP contribution < -0.4 is 15.5 Å². The number of pyridine rings is 1. The second kappa shape index (κ2) is 8.20. The molecule has 33 heavy (non-hydrogen) atoms. The summed E-state index contributed by atoms with van der Waals surface area (Å²) in [5.41, 5.74) is 4.47. The second-order valence-electron chi connectivity index (χ2n) is 8.68. The van der Waals surface area contributed by atoms with Gasteiger partial charge in [-0.25, -0.2) is 9.37 Å². The van der Waals surface area contributed by atoms with Gasteiger partial charge in [-0.3, -0.25) is 9.48 Å². The number of benzene rings is 1. The summed E-state index contributed by atoms with van der Waals surface area (Å²) < 4.78 is 15.1. The highest BCUT2D eigenvalue weighted by atomic mass is 19.1. The van der Waals surface area contributed by atoms with E-state index in [1.165, 1.54) is 12.1 Å². The van der Waals surface area contributed by atoms with Gasteiger partial charge in [-0.15, -0.1) is 0 Å². The lowest BCUT2D eigenvalue weighted by Gasteiger charge is -2.36.